The van der Waals surface area contributed by atoms with Crippen LogP contribution in [0.5, 0.6) is 0 Å². The lowest BCUT2D eigenvalue weighted by atomic mass is 10.1. The molecule has 2 rings (SSSR count). The zero-order valence-corrected chi connectivity index (χ0v) is 13.3. The number of nitrogens with one attached hydrogen (secondary N) is 1. The van der Waals surface area contributed by atoms with E-state index in [2.05, 4.69) is 5.32 Å². The number of benzene rings is 2. The summed E-state index contributed by atoms with van der Waals surface area (Å²) in [6.45, 7) is 0.109. The summed E-state index contributed by atoms with van der Waals surface area (Å²) in [6, 6.07) is 10.7. The molecule has 118 valence electrons. The summed E-state index contributed by atoms with van der Waals surface area (Å²) >= 11 is 3.87. The van der Waals surface area contributed by atoms with E-state index in [0.29, 0.717) is 28.4 Å². The van der Waals surface area contributed by atoms with Gasteiger partial charge < -0.3 is 20.7 Å². The van der Waals surface area contributed by atoms with Gasteiger partial charge in [0.2, 0.25) is 0 Å². The molecule has 0 saturated heterocycles. The molecule has 0 amide bonds. The van der Waals surface area contributed by atoms with Gasteiger partial charge in [-0.05, 0) is 41.8 Å². The minimum atomic E-state index is -2.22. The van der Waals surface area contributed by atoms with E-state index in [-0.39, 0.29) is 12.4 Å². The average Bonchev–Trinajstić information content (AvgIpc) is 2.46. The second-order valence-corrected chi connectivity index (χ2v) is 6.08. The van der Waals surface area contributed by atoms with Crippen LogP contribution < -0.4 is 11.1 Å². The molecular formula is C15H16ClN2O3S-. The number of halogens is 1. The second kappa shape index (κ2) is 7.60. The highest BCUT2D eigenvalue weighted by atomic mass is 35.5. The number of hydrogen-bond donors (Lipinski definition) is 3. The van der Waals surface area contributed by atoms with E-state index in [4.69, 9.17) is 22.4 Å². The van der Waals surface area contributed by atoms with Crippen molar-refractivity contribution in [1.29, 1.82) is 0 Å². The summed E-state index contributed by atoms with van der Waals surface area (Å²) in [5.41, 5.74) is 9.30. The summed E-state index contributed by atoms with van der Waals surface area (Å²) in [4.78, 5) is 0. The molecule has 2 aromatic carbocycles. The molecule has 0 heterocycles. The maximum Gasteiger partial charge on any atom is 0.0633 e. The monoisotopic (exact) mass is 339 g/mol. The van der Waals surface area contributed by atoms with Crippen molar-refractivity contribution in [3.05, 3.63) is 52.5 Å². The van der Waals surface area contributed by atoms with Crippen molar-refractivity contribution in [3.8, 4) is 0 Å². The molecule has 1 atom stereocenters. The lowest BCUT2D eigenvalue weighted by Crippen LogP contribution is -2.01. The number of rotatable bonds is 6. The van der Waals surface area contributed by atoms with E-state index in [9.17, 15) is 8.76 Å². The zero-order valence-electron chi connectivity index (χ0n) is 11.7. The highest BCUT2D eigenvalue weighted by molar-refractivity contribution is 7.78. The van der Waals surface area contributed by atoms with E-state index in [0.717, 1.165) is 11.3 Å². The molecule has 0 aliphatic rings. The first-order valence-electron chi connectivity index (χ1n) is 6.60. The first-order chi connectivity index (χ1) is 10.5. The van der Waals surface area contributed by atoms with Crippen LogP contribution in [0.4, 0.5) is 17.1 Å². The Bertz CT molecular complexity index is 677. The quantitative estimate of drug-likeness (QED) is 0.555. The predicted molar refractivity (Wildman–Crippen MR) is 89.0 cm³/mol. The predicted octanol–water partition coefficient (Wildman–Crippen LogP) is 2.58. The lowest BCUT2D eigenvalue weighted by molar-refractivity contribution is 0.299. The van der Waals surface area contributed by atoms with Crippen LogP contribution in [0.1, 0.15) is 11.1 Å². The smallest absolute Gasteiger partial charge is 0.0633 e. The van der Waals surface area contributed by atoms with Gasteiger partial charge in [-0.25, -0.2) is 0 Å². The maximum absolute atomic E-state index is 10.8. The number of aliphatic hydroxyl groups excluding tert-OH is 1. The van der Waals surface area contributed by atoms with Crippen LogP contribution in [0.15, 0.2) is 36.4 Å². The fourth-order valence-electron chi connectivity index (χ4n) is 2.02. The molecule has 5 nitrogen and oxygen atoms in total. The molecule has 0 aromatic heterocycles. The first-order valence-corrected chi connectivity index (χ1v) is 8.22. The molecule has 0 spiro atoms. The SMILES string of the molecule is Nc1cc(CS(=O)[O-])c(Cl)cc1Nc1ccc(CCO)cc1. The Hall–Kier alpha value is -1.60. The van der Waals surface area contributed by atoms with E-state index < -0.39 is 11.1 Å². The van der Waals surface area contributed by atoms with Gasteiger partial charge in [-0.3, -0.25) is 4.21 Å². The van der Waals surface area contributed by atoms with Crippen molar-refractivity contribution in [1.82, 2.24) is 0 Å². The topological polar surface area (TPSA) is 98.4 Å². The third-order valence-corrected chi connectivity index (χ3v) is 4.02. The first kappa shape index (κ1) is 16.8. The number of anilines is 3. The van der Waals surface area contributed by atoms with Gasteiger partial charge in [-0.15, -0.1) is 0 Å². The third-order valence-electron chi connectivity index (χ3n) is 3.13. The van der Waals surface area contributed by atoms with Crippen LogP contribution in [-0.4, -0.2) is 20.5 Å². The minimum Gasteiger partial charge on any atom is -0.772 e. The molecule has 22 heavy (non-hydrogen) atoms. The van der Waals surface area contributed by atoms with E-state index in [1.54, 1.807) is 12.1 Å². The Labute approximate surface area is 136 Å². The van der Waals surface area contributed by atoms with Crippen molar-refractivity contribution >= 4 is 39.7 Å². The zero-order chi connectivity index (χ0) is 16.1. The number of hydrogen-bond acceptors (Lipinski definition) is 5. The molecule has 0 aliphatic carbocycles. The summed E-state index contributed by atoms with van der Waals surface area (Å²) in [5.74, 6) is -0.167. The number of nitrogens with two attached hydrogens (primary N) is 1. The molecule has 0 aliphatic heterocycles. The minimum absolute atomic E-state index is 0.109. The molecule has 1 unspecified atom stereocenters. The Morgan fingerprint density at radius 2 is 1.95 bits per heavy atom. The summed E-state index contributed by atoms with van der Waals surface area (Å²) in [5, 5.41) is 12.4. The van der Waals surface area contributed by atoms with E-state index in [1.807, 2.05) is 24.3 Å². The highest BCUT2D eigenvalue weighted by Gasteiger charge is 2.07. The summed E-state index contributed by atoms with van der Waals surface area (Å²) in [6.07, 6.45) is 0.606. The normalized spacial score (nSPS) is 12.1. The van der Waals surface area contributed by atoms with Gasteiger partial charge in [0.25, 0.3) is 0 Å². The third kappa shape index (κ3) is 4.45. The summed E-state index contributed by atoms with van der Waals surface area (Å²) in [7, 11) is 0. The molecule has 0 bridgehead atoms. The van der Waals surface area contributed by atoms with Gasteiger partial charge in [0, 0.05) is 23.1 Å². The molecule has 4 N–H and O–H groups in total. The van der Waals surface area contributed by atoms with Gasteiger partial charge in [0.1, 0.15) is 0 Å². The van der Waals surface area contributed by atoms with Gasteiger partial charge >= 0.3 is 0 Å². The molecule has 0 radical (unpaired) electrons. The van der Waals surface area contributed by atoms with E-state index >= 15 is 0 Å². The van der Waals surface area contributed by atoms with Gasteiger partial charge in [-0.1, -0.05) is 34.8 Å². The van der Waals surface area contributed by atoms with Gasteiger partial charge in [0.05, 0.1) is 11.4 Å². The van der Waals surface area contributed by atoms with Crippen molar-refractivity contribution < 1.29 is 13.9 Å². The molecule has 0 fully saturated rings. The molecule has 0 saturated carbocycles. The Morgan fingerprint density at radius 1 is 1.27 bits per heavy atom. The number of nitrogen functional groups attached to an aromatic ring is 1. The average molecular weight is 340 g/mol. The molecule has 7 heteroatoms. The van der Waals surface area contributed by atoms with Crippen LogP contribution in [0.2, 0.25) is 5.02 Å². The summed E-state index contributed by atoms with van der Waals surface area (Å²) < 4.78 is 21.5. The van der Waals surface area contributed by atoms with Crippen LogP contribution in [0.3, 0.4) is 0 Å². The Kier molecular flexibility index (Phi) is 5.79. The number of aliphatic hydroxyl groups is 1. The van der Waals surface area contributed by atoms with Crippen molar-refractivity contribution in [3.63, 3.8) is 0 Å². The second-order valence-electron chi connectivity index (χ2n) is 4.77. The fourth-order valence-corrected chi connectivity index (χ4v) is 2.82. The van der Waals surface area contributed by atoms with Crippen molar-refractivity contribution in [2.45, 2.75) is 12.2 Å². The maximum atomic E-state index is 10.8. The van der Waals surface area contributed by atoms with Gasteiger partial charge in [0.15, 0.2) is 0 Å². The van der Waals surface area contributed by atoms with Crippen molar-refractivity contribution in [2.24, 2.45) is 0 Å². The van der Waals surface area contributed by atoms with Crippen LogP contribution in [-0.2, 0) is 23.3 Å². The van der Waals surface area contributed by atoms with Crippen LogP contribution in [0.25, 0.3) is 0 Å². The molecule has 2 aromatic rings. The highest BCUT2D eigenvalue weighted by Crippen LogP contribution is 2.30. The van der Waals surface area contributed by atoms with Crippen LogP contribution in [0, 0.1) is 0 Å². The largest absolute Gasteiger partial charge is 0.772 e. The molecular weight excluding hydrogens is 324 g/mol. The van der Waals surface area contributed by atoms with Gasteiger partial charge in [-0.2, -0.15) is 0 Å². The van der Waals surface area contributed by atoms with Crippen LogP contribution >= 0.6 is 11.6 Å². The lowest BCUT2D eigenvalue weighted by Gasteiger charge is -2.14. The van der Waals surface area contributed by atoms with Crippen molar-refractivity contribution in [2.75, 3.05) is 17.7 Å². The van der Waals surface area contributed by atoms with E-state index in [1.165, 1.54) is 0 Å². The Morgan fingerprint density at radius 3 is 2.55 bits per heavy atom. The standard InChI is InChI=1S/C15H17ClN2O3S/c16-13-8-15(14(17)7-11(13)9-22(20)21)18-12-3-1-10(2-4-12)5-6-19/h1-4,7-8,18-19H,5-6,9,17H2,(H,20,21)/p-1. The Balaban J connectivity index is 2.18. The fraction of sp³-hybridized carbons (Fsp3) is 0.200.